The van der Waals surface area contributed by atoms with Crippen LogP contribution in [0.5, 0.6) is 5.75 Å². The quantitative estimate of drug-likeness (QED) is 0.810. The van der Waals surface area contributed by atoms with Crippen LogP contribution in [0.1, 0.15) is 31.7 Å². The van der Waals surface area contributed by atoms with Gasteiger partial charge in [0.1, 0.15) is 5.75 Å². The van der Waals surface area contributed by atoms with E-state index in [2.05, 4.69) is 0 Å². The second kappa shape index (κ2) is 3.72. The molecule has 0 bridgehead atoms. The summed E-state index contributed by atoms with van der Waals surface area (Å²) in [7, 11) is 0. The molecule has 0 radical (unpaired) electrons. The van der Waals surface area contributed by atoms with Gasteiger partial charge in [-0.15, -0.1) is 0 Å². The number of esters is 1. The summed E-state index contributed by atoms with van der Waals surface area (Å²) in [6.07, 6.45) is 1.78. The lowest BCUT2D eigenvalue weighted by Crippen LogP contribution is -2.53. The van der Waals surface area contributed by atoms with Crippen LogP contribution in [0.2, 0.25) is 0 Å². The normalized spacial score (nSPS) is 32.6. The standard InChI is InChI=1S/C14H16O4/c1-2-17-12(15)13-8-5-9-14(13,16)18-11-7-4-3-6-10(11)13/h3-4,6-7,16H,2,5,8-9H2,1H3/t13-,14-/m0/s1. The first-order chi connectivity index (χ1) is 8.64. The summed E-state index contributed by atoms with van der Waals surface area (Å²) >= 11 is 0. The first-order valence-corrected chi connectivity index (χ1v) is 6.32. The summed E-state index contributed by atoms with van der Waals surface area (Å²) in [6, 6.07) is 7.32. The molecule has 1 N–H and O–H groups in total. The van der Waals surface area contributed by atoms with Crippen molar-refractivity contribution in [3.05, 3.63) is 29.8 Å². The number of aliphatic hydroxyl groups is 1. The van der Waals surface area contributed by atoms with Crippen molar-refractivity contribution in [1.29, 1.82) is 0 Å². The molecule has 2 atom stereocenters. The molecule has 1 aliphatic heterocycles. The van der Waals surface area contributed by atoms with Gasteiger partial charge in [-0.1, -0.05) is 18.2 Å². The monoisotopic (exact) mass is 248 g/mol. The lowest BCUT2D eigenvalue weighted by Gasteiger charge is -2.32. The van der Waals surface area contributed by atoms with Crippen LogP contribution in [0.4, 0.5) is 0 Å². The number of carbonyl (C=O) groups excluding carboxylic acids is 1. The van der Waals surface area contributed by atoms with E-state index in [0.717, 1.165) is 12.0 Å². The molecule has 18 heavy (non-hydrogen) atoms. The Labute approximate surface area is 106 Å². The fraction of sp³-hybridized carbons (Fsp3) is 0.500. The van der Waals surface area contributed by atoms with E-state index < -0.39 is 11.2 Å². The average molecular weight is 248 g/mol. The number of hydrogen-bond donors (Lipinski definition) is 1. The van der Waals surface area contributed by atoms with Gasteiger partial charge in [0.25, 0.3) is 0 Å². The van der Waals surface area contributed by atoms with Crippen LogP contribution < -0.4 is 4.74 Å². The van der Waals surface area contributed by atoms with Gasteiger partial charge in [-0.3, -0.25) is 4.79 Å². The van der Waals surface area contributed by atoms with Crippen LogP contribution in [0, 0.1) is 0 Å². The highest BCUT2D eigenvalue weighted by Gasteiger charge is 2.67. The minimum absolute atomic E-state index is 0.304. The molecule has 0 spiro atoms. The van der Waals surface area contributed by atoms with E-state index in [0.29, 0.717) is 25.2 Å². The molecule has 0 aromatic heterocycles. The van der Waals surface area contributed by atoms with Crippen LogP contribution in [-0.2, 0) is 14.9 Å². The summed E-state index contributed by atoms with van der Waals surface area (Å²) in [6.45, 7) is 2.07. The molecule has 1 aliphatic carbocycles. The zero-order chi connectivity index (χ0) is 12.8. The average Bonchev–Trinajstić information content (AvgIpc) is 2.79. The summed E-state index contributed by atoms with van der Waals surface area (Å²) in [5.41, 5.74) is -0.289. The summed E-state index contributed by atoms with van der Waals surface area (Å²) in [5.74, 6) is -1.23. The minimum Gasteiger partial charge on any atom is -0.465 e. The van der Waals surface area contributed by atoms with E-state index >= 15 is 0 Å². The lowest BCUT2D eigenvalue weighted by molar-refractivity contribution is -0.187. The van der Waals surface area contributed by atoms with Crippen LogP contribution in [0.25, 0.3) is 0 Å². The Morgan fingerprint density at radius 2 is 2.22 bits per heavy atom. The Balaban J connectivity index is 2.16. The van der Waals surface area contributed by atoms with Crippen LogP contribution in [0.15, 0.2) is 24.3 Å². The second-order valence-electron chi connectivity index (χ2n) is 4.86. The van der Waals surface area contributed by atoms with Gasteiger partial charge >= 0.3 is 5.97 Å². The number of para-hydroxylation sites is 1. The molecule has 0 saturated heterocycles. The van der Waals surface area contributed by atoms with Crippen molar-refractivity contribution in [2.75, 3.05) is 6.61 Å². The van der Waals surface area contributed by atoms with Gasteiger partial charge in [0.05, 0.1) is 6.61 Å². The zero-order valence-corrected chi connectivity index (χ0v) is 10.3. The molecule has 1 heterocycles. The number of ether oxygens (including phenoxy) is 2. The molecule has 96 valence electrons. The fourth-order valence-corrected chi connectivity index (χ4v) is 3.20. The van der Waals surface area contributed by atoms with Gasteiger partial charge in [-0.25, -0.2) is 0 Å². The molecule has 1 aromatic rings. The lowest BCUT2D eigenvalue weighted by atomic mass is 9.76. The Bertz CT molecular complexity index is 498. The van der Waals surface area contributed by atoms with Crippen molar-refractivity contribution < 1.29 is 19.4 Å². The van der Waals surface area contributed by atoms with Gasteiger partial charge in [0.15, 0.2) is 5.41 Å². The summed E-state index contributed by atoms with van der Waals surface area (Å²) < 4.78 is 10.8. The maximum Gasteiger partial charge on any atom is 0.323 e. The third kappa shape index (κ3) is 1.21. The summed E-state index contributed by atoms with van der Waals surface area (Å²) in [5, 5.41) is 10.7. The molecule has 4 heteroatoms. The van der Waals surface area contributed by atoms with Crippen molar-refractivity contribution >= 4 is 5.97 Å². The molecule has 4 nitrogen and oxygen atoms in total. The second-order valence-corrected chi connectivity index (χ2v) is 4.86. The highest BCUT2D eigenvalue weighted by molar-refractivity contribution is 5.87. The Kier molecular flexibility index (Phi) is 2.38. The smallest absolute Gasteiger partial charge is 0.323 e. The molecule has 1 saturated carbocycles. The first-order valence-electron chi connectivity index (χ1n) is 6.32. The molecule has 2 aliphatic rings. The van der Waals surface area contributed by atoms with E-state index in [4.69, 9.17) is 9.47 Å². The van der Waals surface area contributed by atoms with Gasteiger partial charge in [0.2, 0.25) is 5.79 Å². The third-order valence-electron chi connectivity index (χ3n) is 3.98. The molecular formula is C14H16O4. The van der Waals surface area contributed by atoms with Crippen molar-refractivity contribution in [2.45, 2.75) is 37.4 Å². The van der Waals surface area contributed by atoms with Crippen LogP contribution >= 0.6 is 0 Å². The largest absolute Gasteiger partial charge is 0.465 e. The Morgan fingerprint density at radius 3 is 3.00 bits per heavy atom. The zero-order valence-electron chi connectivity index (χ0n) is 10.3. The maximum atomic E-state index is 12.4. The van der Waals surface area contributed by atoms with Crippen LogP contribution in [-0.4, -0.2) is 23.5 Å². The predicted molar refractivity (Wildman–Crippen MR) is 64.2 cm³/mol. The number of carbonyl (C=O) groups is 1. The maximum absolute atomic E-state index is 12.4. The number of hydrogen-bond acceptors (Lipinski definition) is 4. The number of rotatable bonds is 2. The summed E-state index contributed by atoms with van der Waals surface area (Å²) in [4.78, 5) is 12.4. The highest BCUT2D eigenvalue weighted by atomic mass is 16.6. The van der Waals surface area contributed by atoms with Crippen molar-refractivity contribution in [1.82, 2.24) is 0 Å². The molecular weight excluding hydrogens is 232 g/mol. The van der Waals surface area contributed by atoms with Crippen LogP contribution in [0.3, 0.4) is 0 Å². The van der Waals surface area contributed by atoms with Gasteiger partial charge in [-0.2, -0.15) is 0 Å². The Hall–Kier alpha value is -1.55. The minimum atomic E-state index is -1.44. The van der Waals surface area contributed by atoms with E-state index in [1.165, 1.54) is 0 Å². The van der Waals surface area contributed by atoms with Gasteiger partial charge < -0.3 is 14.6 Å². The number of benzene rings is 1. The Morgan fingerprint density at radius 1 is 1.44 bits per heavy atom. The first kappa shape index (κ1) is 11.5. The van der Waals surface area contributed by atoms with Gasteiger partial charge in [0, 0.05) is 12.0 Å². The molecule has 0 unspecified atom stereocenters. The number of fused-ring (bicyclic) bond motifs is 3. The fourth-order valence-electron chi connectivity index (χ4n) is 3.20. The van der Waals surface area contributed by atoms with E-state index in [-0.39, 0.29) is 5.97 Å². The predicted octanol–water partition coefficient (Wildman–Crippen LogP) is 1.75. The van der Waals surface area contributed by atoms with Crippen molar-refractivity contribution in [2.24, 2.45) is 0 Å². The van der Waals surface area contributed by atoms with E-state index in [9.17, 15) is 9.90 Å². The SMILES string of the molecule is CCOC(=O)[C@@]12CCC[C@]1(O)Oc1ccccc12. The van der Waals surface area contributed by atoms with E-state index in [1.807, 2.05) is 18.2 Å². The van der Waals surface area contributed by atoms with Gasteiger partial charge in [-0.05, 0) is 25.8 Å². The molecule has 0 amide bonds. The highest BCUT2D eigenvalue weighted by Crippen LogP contribution is 2.57. The topological polar surface area (TPSA) is 55.8 Å². The van der Waals surface area contributed by atoms with Crippen molar-refractivity contribution in [3.8, 4) is 5.75 Å². The van der Waals surface area contributed by atoms with Crippen molar-refractivity contribution in [3.63, 3.8) is 0 Å². The molecule has 1 aromatic carbocycles. The van der Waals surface area contributed by atoms with E-state index in [1.54, 1.807) is 13.0 Å². The third-order valence-corrected chi connectivity index (χ3v) is 3.98. The molecule has 1 fully saturated rings. The molecule has 3 rings (SSSR count).